The van der Waals surface area contributed by atoms with E-state index in [0.717, 1.165) is 5.56 Å². The fourth-order valence-corrected chi connectivity index (χ4v) is 1.78. The smallest absolute Gasteiger partial charge is 0.310 e. The minimum Gasteiger partial charge on any atom is -0.481 e. The second kappa shape index (κ2) is 6.21. The van der Waals surface area contributed by atoms with Gasteiger partial charge in [-0.2, -0.15) is 0 Å². The van der Waals surface area contributed by atoms with Crippen LogP contribution in [-0.2, 0) is 9.59 Å². The molecule has 0 aromatic heterocycles. The molecule has 1 aromatic rings. The Hall–Kier alpha value is -2.34. The number of ether oxygens (including phenoxy) is 2. The van der Waals surface area contributed by atoms with Crippen molar-refractivity contribution in [3.63, 3.8) is 0 Å². The van der Waals surface area contributed by atoms with E-state index in [1.807, 2.05) is 0 Å². The standard InChI is InChI=1S/C14H14O6/c15-10(6-11(16)7-14(17)18)3-1-9-2-4-12-13(5-9)20-8-19-12/h1-5,10,15H,6-8H2,(H,17,18). The molecule has 1 unspecified atom stereocenters. The van der Waals surface area contributed by atoms with Crippen molar-refractivity contribution >= 4 is 17.8 Å². The van der Waals surface area contributed by atoms with E-state index in [1.54, 1.807) is 24.3 Å². The first-order valence-corrected chi connectivity index (χ1v) is 6.04. The number of carboxylic acid groups (broad SMARTS) is 1. The van der Waals surface area contributed by atoms with Gasteiger partial charge in [0, 0.05) is 6.42 Å². The molecule has 106 valence electrons. The average Bonchev–Trinajstić information content (AvgIpc) is 2.82. The molecule has 0 amide bonds. The highest BCUT2D eigenvalue weighted by Crippen LogP contribution is 2.32. The van der Waals surface area contributed by atoms with Crippen molar-refractivity contribution in [2.75, 3.05) is 6.79 Å². The van der Waals surface area contributed by atoms with Gasteiger partial charge >= 0.3 is 5.97 Å². The number of carboxylic acids is 1. The van der Waals surface area contributed by atoms with Gasteiger partial charge in [-0.25, -0.2) is 0 Å². The van der Waals surface area contributed by atoms with Crippen LogP contribution in [0.2, 0.25) is 0 Å². The summed E-state index contributed by atoms with van der Waals surface area (Å²) in [6.07, 6.45) is 1.28. The van der Waals surface area contributed by atoms with Gasteiger partial charge in [-0.15, -0.1) is 0 Å². The molecule has 0 saturated heterocycles. The summed E-state index contributed by atoms with van der Waals surface area (Å²) in [7, 11) is 0. The van der Waals surface area contributed by atoms with Crippen molar-refractivity contribution in [3.8, 4) is 11.5 Å². The number of aliphatic hydroxyl groups is 1. The van der Waals surface area contributed by atoms with E-state index in [-0.39, 0.29) is 13.2 Å². The number of aliphatic carboxylic acids is 1. The Labute approximate surface area is 115 Å². The first-order valence-electron chi connectivity index (χ1n) is 6.04. The van der Waals surface area contributed by atoms with Crippen LogP contribution in [0.25, 0.3) is 6.08 Å². The quantitative estimate of drug-likeness (QED) is 0.760. The maximum absolute atomic E-state index is 11.2. The van der Waals surface area contributed by atoms with Crippen LogP contribution < -0.4 is 9.47 Å². The molecular formula is C14H14O6. The van der Waals surface area contributed by atoms with Gasteiger partial charge in [0.25, 0.3) is 0 Å². The predicted octanol–water partition coefficient (Wildman–Crippen LogP) is 1.22. The number of carbonyl (C=O) groups excluding carboxylic acids is 1. The van der Waals surface area contributed by atoms with Crippen LogP contribution in [0, 0.1) is 0 Å². The van der Waals surface area contributed by atoms with Crippen molar-refractivity contribution in [1.82, 2.24) is 0 Å². The molecule has 1 atom stereocenters. The van der Waals surface area contributed by atoms with E-state index < -0.39 is 24.3 Å². The second-order valence-electron chi connectivity index (χ2n) is 4.35. The monoisotopic (exact) mass is 278 g/mol. The van der Waals surface area contributed by atoms with Gasteiger partial charge in [-0.05, 0) is 17.7 Å². The van der Waals surface area contributed by atoms with Crippen LogP contribution in [0.1, 0.15) is 18.4 Å². The zero-order chi connectivity index (χ0) is 14.5. The molecule has 0 bridgehead atoms. The zero-order valence-electron chi connectivity index (χ0n) is 10.6. The Morgan fingerprint density at radius 2 is 2.05 bits per heavy atom. The van der Waals surface area contributed by atoms with E-state index in [9.17, 15) is 14.7 Å². The molecule has 1 aliphatic heterocycles. The Kier molecular flexibility index (Phi) is 4.37. The van der Waals surface area contributed by atoms with Crippen LogP contribution in [-0.4, -0.2) is 34.9 Å². The van der Waals surface area contributed by atoms with Gasteiger partial charge in [-0.1, -0.05) is 18.2 Å². The van der Waals surface area contributed by atoms with Gasteiger partial charge in [0.05, 0.1) is 6.10 Å². The summed E-state index contributed by atoms with van der Waals surface area (Å²) in [4.78, 5) is 21.6. The van der Waals surface area contributed by atoms with Crippen LogP contribution in [0.3, 0.4) is 0 Å². The molecule has 2 rings (SSSR count). The Morgan fingerprint density at radius 3 is 2.80 bits per heavy atom. The van der Waals surface area contributed by atoms with Gasteiger partial charge in [-0.3, -0.25) is 9.59 Å². The number of ketones is 1. The number of hydrogen-bond acceptors (Lipinski definition) is 5. The maximum atomic E-state index is 11.2. The molecule has 0 fully saturated rings. The lowest BCUT2D eigenvalue weighted by Gasteiger charge is -2.03. The lowest BCUT2D eigenvalue weighted by atomic mass is 10.1. The number of rotatable bonds is 6. The molecule has 20 heavy (non-hydrogen) atoms. The summed E-state index contributed by atoms with van der Waals surface area (Å²) < 4.78 is 10.4. The maximum Gasteiger partial charge on any atom is 0.310 e. The van der Waals surface area contributed by atoms with Crippen LogP contribution in [0.15, 0.2) is 24.3 Å². The topological polar surface area (TPSA) is 93.1 Å². The molecule has 1 aliphatic rings. The van der Waals surface area contributed by atoms with Gasteiger partial charge < -0.3 is 19.7 Å². The average molecular weight is 278 g/mol. The van der Waals surface area contributed by atoms with E-state index >= 15 is 0 Å². The molecule has 0 spiro atoms. The van der Waals surface area contributed by atoms with E-state index in [0.29, 0.717) is 11.5 Å². The van der Waals surface area contributed by atoms with Crippen LogP contribution in [0.4, 0.5) is 0 Å². The lowest BCUT2D eigenvalue weighted by molar-refractivity contribution is -0.140. The minimum atomic E-state index is -1.19. The Morgan fingerprint density at radius 1 is 1.30 bits per heavy atom. The van der Waals surface area contributed by atoms with Crippen LogP contribution in [0.5, 0.6) is 11.5 Å². The number of Topliss-reactive ketones (excluding diaryl/α,β-unsaturated/α-hetero) is 1. The number of hydrogen-bond donors (Lipinski definition) is 2. The van der Waals surface area contributed by atoms with Gasteiger partial charge in [0.1, 0.15) is 12.2 Å². The number of carbonyl (C=O) groups is 2. The minimum absolute atomic E-state index is 0.189. The van der Waals surface area contributed by atoms with E-state index in [2.05, 4.69) is 0 Å². The fraction of sp³-hybridized carbons (Fsp3) is 0.286. The van der Waals surface area contributed by atoms with Crippen LogP contribution >= 0.6 is 0 Å². The van der Waals surface area contributed by atoms with Gasteiger partial charge in [0.15, 0.2) is 11.5 Å². The SMILES string of the molecule is O=C(O)CC(=O)CC(O)C=Cc1ccc2c(c1)OCO2. The molecule has 6 nitrogen and oxygen atoms in total. The van der Waals surface area contributed by atoms with Crippen molar-refractivity contribution in [1.29, 1.82) is 0 Å². The van der Waals surface area contributed by atoms with Crippen molar-refractivity contribution in [2.24, 2.45) is 0 Å². The van der Waals surface area contributed by atoms with Gasteiger partial charge in [0.2, 0.25) is 6.79 Å². The number of aliphatic hydroxyl groups excluding tert-OH is 1. The molecule has 1 aromatic carbocycles. The third-order valence-corrected chi connectivity index (χ3v) is 2.69. The number of benzene rings is 1. The third kappa shape index (κ3) is 3.83. The van der Waals surface area contributed by atoms with Crippen molar-refractivity contribution < 1.29 is 29.3 Å². The lowest BCUT2D eigenvalue weighted by Crippen LogP contribution is -2.14. The Bertz CT molecular complexity index is 549. The summed E-state index contributed by atoms with van der Waals surface area (Å²) in [5, 5.41) is 18.1. The highest BCUT2D eigenvalue weighted by atomic mass is 16.7. The summed E-state index contributed by atoms with van der Waals surface area (Å²) in [5.74, 6) is -0.412. The fourth-order valence-electron chi connectivity index (χ4n) is 1.78. The molecule has 0 aliphatic carbocycles. The summed E-state index contributed by atoms with van der Waals surface area (Å²) in [6.45, 7) is 0.189. The summed E-state index contributed by atoms with van der Waals surface area (Å²) >= 11 is 0. The molecule has 0 saturated carbocycles. The normalized spacial score (nSPS) is 14.4. The van der Waals surface area contributed by atoms with E-state index in [1.165, 1.54) is 6.08 Å². The second-order valence-corrected chi connectivity index (χ2v) is 4.35. The molecule has 0 radical (unpaired) electrons. The summed E-state index contributed by atoms with van der Waals surface area (Å²) in [5.41, 5.74) is 0.791. The molecular weight excluding hydrogens is 264 g/mol. The molecule has 6 heteroatoms. The zero-order valence-corrected chi connectivity index (χ0v) is 10.6. The third-order valence-electron chi connectivity index (χ3n) is 2.69. The van der Waals surface area contributed by atoms with E-state index in [4.69, 9.17) is 14.6 Å². The highest BCUT2D eigenvalue weighted by molar-refractivity contribution is 5.95. The largest absolute Gasteiger partial charge is 0.481 e. The predicted molar refractivity (Wildman–Crippen MR) is 69.5 cm³/mol. The summed E-state index contributed by atoms with van der Waals surface area (Å²) in [6, 6.07) is 5.30. The Balaban J connectivity index is 1.92. The number of fused-ring (bicyclic) bond motifs is 1. The van der Waals surface area contributed by atoms with Crippen molar-refractivity contribution in [2.45, 2.75) is 18.9 Å². The van der Waals surface area contributed by atoms with Crippen molar-refractivity contribution in [3.05, 3.63) is 29.8 Å². The first-order chi connectivity index (χ1) is 9.54. The first kappa shape index (κ1) is 14.1. The molecule has 2 N–H and O–H groups in total. The molecule has 1 heterocycles. The highest BCUT2D eigenvalue weighted by Gasteiger charge is 2.13.